The molecule has 0 atom stereocenters. The maximum atomic E-state index is 11.9. The first-order valence-corrected chi connectivity index (χ1v) is 6.13. The molecule has 1 aliphatic carbocycles. The second-order valence-electron chi connectivity index (χ2n) is 4.85. The molecule has 0 fully saturated rings. The molecule has 0 aromatic heterocycles. The predicted molar refractivity (Wildman–Crippen MR) is 65.3 cm³/mol. The Labute approximate surface area is 99.0 Å². The van der Waals surface area contributed by atoms with Crippen molar-refractivity contribution in [2.45, 2.75) is 38.5 Å². The third-order valence-electron chi connectivity index (χ3n) is 3.22. The Balaban J connectivity index is 2.62. The Morgan fingerprint density at radius 3 is 2.80 bits per heavy atom. The lowest BCUT2D eigenvalue weighted by molar-refractivity contribution is 0.0982. The fraction of sp³-hybridized carbons (Fsp3) is 0.462. The number of carbonyl (C=O) groups excluding carboxylic acids is 1. The van der Waals surface area contributed by atoms with Gasteiger partial charge in [-0.05, 0) is 36.0 Å². The van der Waals surface area contributed by atoms with Crippen LogP contribution in [0, 0.1) is 0 Å². The Kier molecular flexibility index (Phi) is 2.72. The van der Waals surface area contributed by atoms with Crippen LogP contribution in [-0.4, -0.2) is 5.78 Å². The lowest BCUT2D eigenvalue weighted by atomic mass is 9.80. The first-order valence-electron chi connectivity index (χ1n) is 5.34. The molecule has 1 aliphatic rings. The predicted octanol–water partition coefficient (Wildman–Crippen LogP) is 4.09. The van der Waals surface area contributed by atoms with Crippen LogP contribution in [-0.2, 0) is 5.41 Å². The molecule has 15 heavy (non-hydrogen) atoms. The average molecular weight is 267 g/mol. The van der Waals surface area contributed by atoms with E-state index in [-0.39, 0.29) is 11.2 Å². The van der Waals surface area contributed by atoms with Crippen molar-refractivity contribution >= 4 is 21.7 Å². The first-order chi connectivity index (χ1) is 7.00. The van der Waals surface area contributed by atoms with Crippen molar-refractivity contribution in [1.82, 2.24) is 0 Å². The van der Waals surface area contributed by atoms with Crippen LogP contribution in [0.3, 0.4) is 0 Å². The van der Waals surface area contributed by atoms with Crippen molar-refractivity contribution in [2.24, 2.45) is 0 Å². The second-order valence-corrected chi connectivity index (χ2v) is 5.77. The normalized spacial score (nSPS) is 19.5. The molecule has 80 valence electrons. The topological polar surface area (TPSA) is 17.1 Å². The fourth-order valence-electron chi connectivity index (χ4n) is 2.30. The van der Waals surface area contributed by atoms with Crippen molar-refractivity contribution in [1.29, 1.82) is 0 Å². The van der Waals surface area contributed by atoms with Crippen LogP contribution in [0.15, 0.2) is 22.7 Å². The lowest BCUT2D eigenvalue weighted by Gasteiger charge is -2.24. The van der Waals surface area contributed by atoms with Gasteiger partial charge in [-0.25, -0.2) is 0 Å². The molecule has 0 bridgehead atoms. The minimum Gasteiger partial charge on any atom is -0.294 e. The monoisotopic (exact) mass is 266 g/mol. The largest absolute Gasteiger partial charge is 0.294 e. The number of halogens is 1. The summed E-state index contributed by atoms with van der Waals surface area (Å²) >= 11 is 3.43. The van der Waals surface area contributed by atoms with Crippen molar-refractivity contribution < 1.29 is 4.79 Å². The smallest absolute Gasteiger partial charge is 0.163 e. The number of carbonyl (C=O) groups is 1. The maximum absolute atomic E-state index is 11.9. The molecule has 0 saturated carbocycles. The van der Waals surface area contributed by atoms with Crippen LogP contribution in [0.5, 0.6) is 0 Å². The standard InChI is InChI=1S/C13H15BrO/c1-13(2)7-3-4-12(15)10-8-9(14)5-6-11(10)13/h5-6,8H,3-4,7H2,1-2H3. The van der Waals surface area contributed by atoms with E-state index in [1.54, 1.807) is 0 Å². The van der Waals surface area contributed by atoms with Crippen molar-refractivity contribution in [2.75, 3.05) is 0 Å². The summed E-state index contributed by atoms with van der Waals surface area (Å²) in [7, 11) is 0. The van der Waals surface area contributed by atoms with Crippen molar-refractivity contribution in [3.05, 3.63) is 33.8 Å². The van der Waals surface area contributed by atoms with E-state index in [0.717, 1.165) is 22.9 Å². The van der Waals surface area contributed by atoms with Gasteiger partial charge in [0.15, 0.2) is 5.78 Å². The van der Waals surface area contributed by atoms with Gasteiger partial charge >= 0.3 is 0 Å². The van der Waals surface area contributed by atoms with Crippen LogP contribution in [0.1, 0.15) is 49.0 Å². The van der Waals surface area contributed by atoms with E-state index in [9.17, 15) is 4.79 Å². The van der Waals surface area contributed by atoms with E-state index in [1.165, 1.54) is 5.56 Å². The van der Waals surface area contributed by atoms with Gasteiger partial charge in [0.05, 0.1) is 0 Å². The Morgan fingerprint density at radius 1 is 1.33 bits per heavy atom. The average Bonchev–Trinajstić information content (AvgIpc) is 2.25. The number of ketones is 1. The summed E-state index contributed by atoms with van der Waals surface area (Å²) in [5.41, 5.74) is 2.24. The van der Waals surface area contributed by atoms with Gasteiger partial charge in [-0.2, -0.15) is 0 Å². The molecule has 0 spiro atoms. The number of rotatable bonds is 0. The zero-order valence-electron chi connectivity index (χ0n) is 9.14. The van der Waals surface area contributed by atoms with Gasteiger partial charge in [0, 0.05) is 16.5 Å². The van der Waals surface area contributed by atoms with Crippen LogP contribution in [0.4, 0.5) is 0 Å². The van der Waals surface area contributed by atoms with E-state index in [1.807, 2.05) is 12.1 Å². The highest BCUT2D eigenvalue weighted by Crippen LogP contribution is 2.36. The maximum Gasteiger partial charge on any atom is 0.163 e. The molecule has 0 amide bonds. The Bertz CT molecular complexity index is 407. The summed E-state index contributed by atoms with van der Waals surface area (Å²) in [6.07, 6.45) is 2.78. The molecule has 0 saturated heterocycles. The first kappa shape index (κ1) is 10.9. The van der Waals surface area contributed by atoms with Crippen LogP contribution in [0.2, 0.25) is 0 Å². The number of benzene rings is 1. The third kappa shape index (κ3) is 2.00. The molecular formula is C13H15BrO. The molecule has 2 rings (SSSR count). The quantitative estimate of drug-likeness (QED) is 0.647. The number of fused-ring (bicyclic) bond motifs is 1. The zero-order valence-corrected chi connectivity index (χ0v) is 10.7. The number of hydrogen-bond acceptors (Lipinski definition) is 1. The van der Waals surface area contributed by atoms with Crippen LogP contribution in [0.25, 0.3) is 0 Å². The second kappa shape index (κ2) is 3.75. The van der Waals surface area contributed by atoms with Crippen LogP contribution < -0.4 is 0 Å². The molecule has 1 nitrogen and oxygen atoms in total. The van der Waals surface area contributed by atoms with Gasteiger partial charge in [0.25, 0.3) is 0 Å². The molecule has 0 radical (unpaired) electrons. The molecule has 1 aromatic carbocycles. The summed E-state index contributed by atoms with van der Waals surface area (Å²) in [5.74, 6) is 0.289. The van der Waals surface area contributed by atoms with Crippen LogP contribution >= 0.6 is 15.9 Å². The van der Waals surface area contributed by atoms with Crippen molar-refractivity contribution in [3.8, 4) is 0 Å². The summed E-state index contributed by atoms with van der Waals surface area (Å²) in [6, 6.07) is 6.08. The van der Waals surface area contributed by atoms with Crippen molar-refractivity contribution in [3.63, 3.8) is 0 Å². The molecule has 1 aromatic rings. The van der Waals surface area contributed by atoms with E-state index in [4.69, 9.17) is 0 Å². The summed E-state index contributed by atoms with van der Waals surface area (Å²) in [4.78, 5) is 11.9. The summed E-state index contributed by atoms with van der Waals surface area (Å²) in [6.45, 7) is 4.44. The van der Waals surface area contributed by atoms with E-state index in [2.05, 4.69) is 35.8 Å². The van der Waals surface area contributed by atoms with E-state index >= 15 is 0 Å². The SMILES string of the molecule is CC1(C)CCCC(=O)c2cc(Br)ccc21. The summed E-state index contributed by atoms with van der Waals surface area (Å²) in [5, 5.41) is 0. The third-order valence-corrected chi connectivity index (χ3v) is 3.71. The highest BCUT2D eigenvalue weighted by Gasteiger charge is 2.28. The Hall–Kier alpha value is -0.630. The minimum atomic E-state index is 0.127. The molecule has 0 aliphatic heterocycles. The highest BCUT2D eigenvalue weighted by molar-refractivity contribution is 9.10. The van der Waals surface area contributed by atoms with E-state index < -0.39 is 0 Å². The fourth-order valence-corrected chi connectivity index (χ4v) is 2.66. The molecule has 2 heteroatoms. The van der Waals surface area contributed by atoms with Gasteiger partial charge in [-0.1, -0.05) is 35.8 Å². The minimum absolute atomic E-state index is 0.127. The zero-order chi connectivity index (χ0) is 11.1. The van der Waals surface area contributed by atoms with Gasteiger partial charge in [-0.15, -0.1) is 0 Å². The lowest BCUT2D eigenvalue weighted by Crippen LogP contribution is -2.17. The van der Waals surface area contributed by atoms with Gasteiger partial charge in [0.2, 0.25) is 0 Å². The van der Waals surface area contributed by atoms with E-state index in [0.29, 0.717) is 6.42 Å². The Morgan fingerprint density at radius 2 is 2.07 bits per heavy atom. The number of hydrogen-bond donors (Lipinski definition) is 0. The summed E-state index contributed by atoms with van der Waals surface area (Å²) < 4.78 is 0.993. The molecule has 0 heterocycles. The highest BCUT2D eigenvalue weighted by atomic mass is 79.9. The van der Waals surface area contributed by atoms with Gasteiger partial charge in [0.1, 0.15) is 0 Å². The molecule has 0 unspecified atom stereocenters. The number of Topliss-reactive ketones (excluding diaryl/α,β-unsaturated/α-hetero) is 1. The van der Waals surface area contributed by atoms with Gasteiger partial charge in [-0.3, -0.25) is 4.79 Å². The molecular weight excluding hydrogens is 252 g/mol. The van der Waals surface area contributed by atoms with Gasteiger partial charge < -0.3 is 0 Å². The molecule has 0 N–H and O–H groups in total.